The van der Waals surface area contributed by atoms with Gasteiger partial charge in [-0.1, -0.05) is 0 Å². The second-order valence-electron chi connectivity index (χ2n) is 6.56. The molecule has 3 heterocycles. The van der Waals surface area contributed by atoms with Crippen LogP contribution in [0.1, 0.15) is 21.7 Å². The maximum Gasteiger partial charge on any atom is 0.264 e. The van der Waals surface area contributed by atoms with Crippen LogP contribution in [-0.4, -0.2) is 59.7 Å². The van der Waals surface area contributed by atoms with Gasteiger partial charge in [-0.05, 0) is 48.6 Å². The number of nitrogens with zero attached hydrogens (tertiary/aromatic N) is 3. The van der Waals surface area contributed by atoms with Crippen molar-refractivity contribution in [3.05, 3.63) is 46.4 Å². The van der Waals surface area contributed by atoms with Crippen LogP contribution in [0.2, 0.25) is 0 Å². The topological polar surface area (TPSA) is 86.4 Å². The van der Waals surface area contributed by atoms with Crippen molar-refractivity contribution < 1.29 is 13.2 Å². The van der Waals surface area contributed by atoms with Gasteiger partial charge in [0.15, 0.2) is 0 Å². The van der Waals surface area contributed by atoms with E-state index in [0.29, 0.717) is 38.1 Å². The molecular formula is C18H20N4O3S2. The number of aromatic amines is 1. The van der Waals surface area contributed by atoms with Crippen LogP contribution in [0, 0.1) is 6.92 Å². The number of hydrogen-bond acceptors (Lipinski definition) is 5. The lowest BCUT2D eigenvalue weighted by Gasteiger charge is -2.22. The average Bonchev–Trinajstić information content (AvgIpc) is 3.22. The number of fused-ring (bicyclic) bond motifs is 1. The summed E-state index contributed by atoms with van der Waals surface area (Å²) < 4.78 is 27.6. The Bertz CT molecular complexity index is 1090. The Hall–Kier alpha value is -2.23. The quantitative estimate of drug-likeness (QED) is 0.727. The summed E-state index contributed by atoms with van der Waals surface area (Å²) in [6.45, 7) is 3.56. The molecule has 2 aromatic heterocycles. The van der Waals surface area contributed by atoms with Crippen molar-refractivity contribution >= 4 is 38.3 Å². The number of carbonyl (C=O) groups excluding carboxylic acids is 1. The first-order valence-electron chi connectivity index (χ1n) is 8.73. The van der Waals surface area contributed by atoms with E-state index in [1.54, 1.807) is 29.4 Å². The van der Waals surface area contributed by atoms with Gasteiger partial charge < -0.3 is 9.88 Å². The Morgan fingerprint density at radius 1 is 1.19 bits per heavy atom. The first kappa shape index (κ1) is 18.1. The molecule has 1 N–H and O–H groups in total. The predicted molar refractivity (Wildman–Crippen MR) is 104 cm³/mol. The molecule has 9 heteroatoms. The van der Waals surface area contributed by atoms with Crippen molar-refractivity contribution in [3.8, 4) is 0 Å². The fourth-order valence-corrected chi connectivity index (χ4v) is 5.69. The number of imidazole rings is 1. The third-order valence-electron chi connectivity index (χ3n) is 4.83. The highest BCUT2D eigenvalue weighted by Gasteiger charge is 2.29. The van der Waals surface area contributed by atoms with E-state index < -0.39 is 10.0 Å². The third-order valence-corrected chi connectivity index (χ3v) is 7.73. The van der Waals surface area contributed by atoms with E-state index in [-0.39, 0.29) is 10.8 Å². The molecule has 1 aromatic carbocycles. The highest BCUT2D eigenvalue weighted by Crippen LogP contribution is 2.23. The fourth-order valence-electron chi connectivity index (χ4n) is 3.30. The van der Waals surface area contributed by atoms with Crippen molar-refractivity contribution in [3.63, 3.8) is 0 Å². The fraction of sp³-hybridized carbons (Fsp3) is 0.333. The maximum atomic E-state index is 13.1. The van der Waals surface area contributed by atoms with Crippen LogP contribution in [0.5, 0.6) is 0 Å². The van der Waals surface area contributed by atoms with Gasteiger partial charge in [-0.2, -0.15) is 4.31 Å². The Labute approximate surface area is 161 Å². The number of H-pyrrole nitrogens is 1. The van der Waals surface area contributed by atoms with E-state index in [0.717, 1.165) is 16.0 Å². The lowest BCUT2D eigenvalue weighted by molar-refractivity contribution is 0.0768. The number of thiophene rings is 1. The molecule has 1 saturated heterocycles. The van der Waals surface area contributed by atoms with Gasteiger partial charge in [0.05, 0.1) is 27.1 Å². The lowest BCUT2D eigenvalue weighted by Crippen LogP contribution is -2.37. The normalized spacial score (nSPS) is 16.6. The first-order valence-corrected chi connectivity index (χ1v) is 11.1. The Morgan fingerprint density at radius 2 is 2.04 bits per heavy atom. The summed E-state index contributed by atoms with van der Waals surface area (Å²) in [5, 5.41) is 1.91. The molecule has 1 fully saturated rings. The Morgan fingerprint density at radius 3 is 2.81 bits per heavy atom. The lowest BCUT2D eigenvalue weighted by atomic mass is 10.2. The number of carbonyl (C=O) groups is 1. The number of aromatic nitrogens is 2. The molecule has 27 heavy (non-hydrogen) atoms. The van der Waals surface area contributed by atoms with Crippen LogP contribution in [0.15, 0.2) is 40.9 Å². The summed E-state index contributed by atoms with van der Waals surface area (Å²) >= 11 is 1.43. The minimum Gasteiger partial charge on any atom is -0.345 e. The largest absolute Gasteiger partial charge is 0.345 e. The molecule has 0 bridgehead atoms. The molecule has 0 saturated carbocycles. The molecule has 1 aliphatic rings. The van der Waals surface area contributed by atoms with Gasteiger partial charge in [0.2, 0.25) is 10.0 Å². The Balaban J connectivity index is 1.53. The van der Waals surface area contributed by atoms with E-state index in [1.807, 2.05) is 18.4 Å². The second kappa shape index (κ2) is 7.06. The van der Waals surface area contributed by atoms with E-state index in [9.17, 15) is 13.2 Å². The second-order valence-corrected chi connectivity index (χ2v) is 9.42. The molecule has 1 aliphatic heterocycles. The number of aryl methyl sites for hydroxylation is 1. The number of sulfonamides is 1. The van der Waals surface area contributed by atoms with Gasteiger partial charge in [-0.15, -0.1) is 11.3 Å². The van der Waals surface area contributed by atoms with Crippen LogP contribution in [0.25, 0.3) is 11.0 Å². The minimum absolute atomic E-state index is 0.0133. The molecule has 0 radical (unpaired) electrons. The van der Waals surface area contributed by atoms with Gasteiger partial charge in [-0.3, -0.25) is 4.79 Å². The predicted octanol–water partition coefficient (Wildman–Crippen LogP) is 2.47. The SMILES string of the molecule is Cc1ccsc1C(=O)N1CCCN(S(=O)(=O)c2ccc3nc[nH]c3c2)CC1. The molecular weight excluding hydrogens is 384 g/mol. The summed E-state index contributed by atoms with van der Waals surface area (Å²) in [6, 6.07) is 6.83. The highest BCUT2D eigenvalue weighted by molar-refractivity contribution is 7.89. The van der Waals surface area contributed by atoms with Gasteiger partial charge in [-0.25, -0.2) is 13.4 Å². The summed E-state index contributed by atoms with van der Waals surface area (Å²) in [4.78, 5) is 22.5. The summed E-state index contributed by atoms with van der Waals surface area (Å²) in [6.07, 6.45) is 2.16. The van der Waals surface area contributed by atoms with Crippen molar-refractivity contribution in [2.24, 2.45) is 0 Å². The van der Waals surface area contributed by atoms with Gasteiger partial charge in [0, 0.05) is 26.2 Å². The Kier molecular flexibility index (Phi) is 4.75. The number of hydrogen-bond donors (Lipinski definition) is 1. The molecule has 0 unspecified atom stereocenters. The first-order chi connectivity index (χ1) is 13.0. The maximum absolute atomic E-state index is 13.1. The number of benzene rings is 1. The van der Waals surface area contributed by atoms with Crippen LogP contribution >= 0.6 is 11.3 Å². The van der Waals surface area contributed by atoms with Crippen molar-refractivity contribution in [1.82, 2.24) is 19.2 Å². The van der Waals surface area contributed by atoms with Gasteiger partial charge >= 0.3 is 0 Å². The minimum atomic E-state index is -3.62. The zero-order valence-corrected chi connectivity index (χ0v) is 16.5. The van der Waals surface area contributed by atoms with Gasteiger partial charge in [0.1, 0.15) is 0 Å². The summed E-state index contributed by atoms with van der Waals surface area (Å²) in [5.41, 5.74) is 2.38. The van der Waals surface area contributed by atoms with Gasteiger partial charge in [0.25, 0.3) is 5.91 Å². The van der Waals surface area contributed by atoms with E-state index >= 15 is 0 Å². The zero-order chi connectivity index (χ0) is 19.0. The van der Waals surface area contributed by atoms with Crippen molar-refractivity contribution in [1.29, 1.82) is 0 Å². The highest BCUT2D eigenvalue weighted by atomic mass is 32.2. The average molecular weight is 405 g/mol. The summed E-state index contributed by atoms with van der Waals surface area (Å²) in [5.74, 6) is -0.0133. The molecule has 0 aliphatic carbocycles. The molecule has 3 aromatic rings. The molecule has 4 rings (SSSR count). The monoisotopic (exact) mass is 404 g/mol. The third kappa shape index (κ3) is 3.38. The van der Waals surface area contributed by atoms with E-state index in [2.05, 4.69) is 9.97 Å². The number of amides is 1. The zero-order valence-electron chi connectivity index (χ0n) is 14.9. The van der Waals surface area contributed by atoms with Crippen LogP contribution < -0.4 is 0 Å². The smallest absolute Gasteiger partial charge is 0.264 e. The number of rotatable bonds is 3. The molecule has 0 spiro atoms. The van der Waals surface area contributed by atoms with Crippen LogP contribution in [0.4, 0.5) is 0 Å². The van der Waals surface area contributed by atoms with Crippen LogP contribution in [-0.2, 0) is 10.0 Å². The molecule has 1 amide bonds. The van der Waals surface area contributed by atoms with Crippen molar-refractivity contribution in [2.75, 3.05) is 26.2 Å². The number of nitrogens with one attached hydrogen (secondary N) is 1. The molecule has 142 valence electrons. The van der Waals surface area contributed by atoms with E-state index in [1.165, 1.54) is 15.6 Å². The molecule has 0 atom stereocenters. The standard InChI is InChI=1S/C18H20N4O3S2/c1-13-5-10-26-17(13)18(23)21-6-2-7-22(9-8-21)27(24,25)14-3-4-15-16(11-14)20-12-19-15/h3-5,10-12H,2,6-9H2,1H3,(H,19,20). The molecule has 7 nitrogen and oxygen atoms in total. The van der Waals surface area contributed by atoms with E-state index in [4.69, 9.17) is 0 Å². The summed E-state index contributed by atoms with van der Waals surface area (Å²) in [7, 11) is -3.62. The van der Waals surface area contributed by atoms with Crippen LogP contribution in [0.3, 0.4) is 0 Å². The van der Waals surface area contributed by atoms with Crippen molar-refractivity contribution in [2.45, 2.75) is 18.2 Å².